The predicted octanol–water partition coefficient (Wildman–Crippen LogP) is 4.60. The van der Waals surface area contributed by atoms with E-state index in [9.17, 15) is 0 Å². The maximum absolute atomic E-state index is 5.46. The van der Waals surface area contributed by atoms with Crippen LogP contribution >= 0.6 is 11.8 Å². The molecule has 0 heterocycles. The molecule has 0 atom stereocenters. The first-order valence-corrected chi connectivity index (χ1v) is 8.07. The Morgan fingerprint density at radius 2 is 1.41 bits per heavy atom. The minimum absolute atomic E-state index is 0.812. The molecule has 0 N–H and O–H groups in total. The topological polar surface area (TPSA) is 27.7 Å². The molecule has 0 saturated heterocycles. The van der Waals surface area contributed by atoms with Crippen LogP contribution in [0.4, 0.5) is 0 Å². The second-order valence-electron chi connectivity index (χ2n) is 4.53. The maximum atomic E-state index is 5.46. The summed E-state index contributed by atoms with van der Waals surface area (Å²) >= 11 is 1.61. The average molecular weight is 316 g/mol. The molecule has 116 valence electrons. The molecule has 0 spiro atoms. The molecule has 2 rings (SSSR count). The van der Waals surface area contributed by atoms with Crippen molar-refractivity contribution in [3.63, 3.8) is 0 Å². The van der Waals surface area contributed by atoms with E-state index in [-0.39, 0.29) is 0 Å². The number of hydrogen-bond acceptors (Lipinski definition) is 4. The van der Waals surface area contributed by atoms with Crippen molar-refractivity contribution in [1.82, 2.24) is 0 Å². The Balaban J connectivity index is 2.39. The highest BCUT2D eigenvalue weighted by atomic mass is 32.2. The largest absolute Gasteiger partial charge is 0.496 e. The lowest BCUT2D eigenvalue weighted by atomic mass is 10.1. The van der Waals surface area contributed by atoms with Crippen LogP contribution in [0.15, 0.2) is 41.3 Å². The third kappa shape index (κ3) is 3.57. The zero-order valence-electron chi connectivity index (χ0n) is 13.3. The third-order valence-electron chi connectivity index (χ3n) is 3.28. The van der Waals surface area contributed by atoms with E-state index in [0.717, 1.165) is 33.3 Å². The molecule has 2 aromatic carbocycles. The average Bonchev–Trinajstić information content (AvgIpc) is 2.58. The second-order valence-corrected chi connectivity index (χ2v) is 5.35. The van der Waals surface area contributed by atoms with Gasteiger partial charge in [0.05, 0.1) is 26.2 Å². The SMILES string of the molecule is COc1ccccc1/C=C\c1cc(OC)c(SC)c(OC)c1. The first-order chi connectivity index (χ1) is 10.7. The summed E-state index contributed by atoms with van der Waals surface area (Å²) in [6.07, 6.45) is 6.05. The van der Waals surface area contributed by atoms with Gasteiger partial charge in [0.25, 0.3) is 0 Å². The van der Waals surface area contributed by atoms with Gasteiger partial charge in [-0.1, -0.05) is 30.4 Å². The number of benzene rings is 2. The fourth-order valence-corrected chi connectivity index (χ4v) is 2.87. The molecule has 0 radical (unpaired) electrons. The van der Waals surface area contributed by atoms with Gasteiger partial charge in [-0.05, 0) is 30.0 Å². The molecule has 0 unspecified atom stereocenters. The Kier molecular flexibility index (Phi) is 5.78. The van der Waals surface area contributed by atoms with Crippen LogP contribution in [0.25, 0.3) is 12.2 Å². The first kappa shape index (κ1) is 16.3. The van der Waals surface area contributed by atoms with Gasteiger partial charge in [0, 0.05) is 5.56 Å². The second kappa shape index (κ2) is 7.80. The summed E-state index contributed by atoms with van der Waals surface area (Å²) in [5.74, 6) is 2.47. The summed E-state index contributed by atoms with van der Waals surface area (Å²) in [5, 5.41) is 0. The van der Waals surface area contributed by atoms with Crippen molar-refractivity contribution in [2.45, 2.75) is 4.90 Å². The molecule has 0 aliphatic heterocycles. The normalized spacial score (nSPS) is 10.7. The lowest BCUT2D eigenvalue weighted by molar-refractivity contribution is 0.376. The lowest BCUT2D eigenvalue weighted by Gasteiger charge is -2.12. The van der Waals surface area contributed by atoms with Crippen LogP contribution in [-0.2, 0) is 0 Å². The molecule has 0 fully saturated rings. The number of hydrogen-bond donors (Lipinski definition) is 0. The van der Waals surface area contributed by atoms with Gasteiger partial charge >= 0.3 is 0 Å². The van der Waals surface area contributed by atoms with Crippen LogP contribution in [0, 0.1) is 0 Å². The minimum Gasteiger partial charge on any atom is -0.496 e. The van der Waals surface area contributed by atoms with Crippen molar-refractivity contribution < 1.29 is 14.2 Å². The molecule has 2 aromatic rings. The van der Waals surface area contributed by atoms with Gasteiger partial charge in [-0.2, -0.15) is 0 Å². The van der Waals surface area contributed by atoms with E-state index >= 15 is 0 Å². The molecule has 22 heavy (non-hydrogen) atoms. The summed E-state index contributed by atoms with van der Waals surface area (Å²) in [6, 6.07) is 11.9. The monoisotopic (exact) mass is 316 g/mol. The van der Waals surface area contributed by atoms with E-state index in [1.807, 2.05) is 54.8 Å². The Labute approximate surface area is 135 Å². The fourth-order valence-electron chi connectivity index (χ4n) is 2.19. The smallest absolute Gasteiger partial charge is 0.136 e. The van der Waals surface area contributed by atoms with Crippen molar-refractivity contribution >= 4 is 23.9 Å². The number of ether oxygens (including phenoxy) is 3. The van der Waals surface area contributed by atoms with Crippen molar-refractivity contribution in [1.29, 1.82) is 0 Å². The fraction of sp³-hybridized carbons (Fsp3) is 0.222. The van der Waals surface area contributed by atoms with Crippen LogP contribution in [0.5, 0.6) is 17.2 Å². The molecular weight excluding hydrogens is 296 g/mol. The van der Waals surface area contributed by atoms with E-state index < -0.39 is 0 Å². The van der Waals surface area contributed by atoms with Crippen LogP contribution in [0.1, 0.15) is 11.1 Å². The van der Waals surface area contributed by atoms with Crippen molar-refractivity contribution in [2.75, 3.05) is 27.6 Å². The summed E-state index contributed by atoms with van der Waals surface area (Å²) in [5.41, 5.74) is 2.04. The predicted molar refractivity (Wildman–Crippen MR) is 93.2 cm³/mol. The summed E-state index contributed by atoms with van der Waals surface area (Å²) < 4.78 is 16.3. The number of para-hydroxylation sites is 1. The Morgan fingerprint density at radius 3 is 1.95 bits per heavy atom. The Hall–Kier alpha value is -2.07. The highest BCUT2D eigenvalue weighted by Crippen LogP contribution is 2.38. The van der Waals surface area contributed by atoms with Gasteiger partial charge < -0.3 is 14.2 Å². The number of methoxy groups -OCH3 is 3. The molecule has 0 saturated carbocycles. The van der Waals surface area contributed by atoms with Crippen LogP contribution in [0.3, 0.4) is 0 Å². The lowest BCUT2D eigenvalue weighted by Crippen LogP contribution is -1.92. The summed E-state index contributed by atoms with van der Waals surface area (Å²) in [6.45, 7) is 0. The van der Waals surface area contributed by atoms with Gasteiger partial charge in [-0.25, -0.2) is 0 Å². The molecule has 3 nitrogen and oxygen atoms in total. The van der Waals surface area contributed by atoms with Gasteiger partial charge in [-0.3, -0.25) is 0 Å². The zero-order valence-corrected chi connectivity index (χ0v) is 14.1. The molecule has 4 heteroatoms. The third-order valence-corrected chi connectivity index (χ3v) is 4.09. The van der Waals surface area contributed by atoms with Crippen molar-refractivity contribution in [3.8, 4) is 17.2 Å². The molecule has 0 aliphatic carbocycles. The highest BCUT2D eigenvalue weighted by molar-refractivity contribution is 7.98. The molecule has 0 amide bonds. The van der Waals surface area contributed by atoms with Crippen LogP contribution < -0.4 is 14.2 Å². The van der Waals surface area contributed by atoms with Crippen LogP contribution in [0.2, 0.25) is 0 Å². The minimum atomic E-state index is 0.812. The quantitative estimate of drug-likeness (QED) is 0.575. The standard InChI is InChI=1S/C18H20O3S/c1-19-15-8-6-5-7-14(15)10-9-13-11-16(20-2)18(22-4)17(12-13)21-3/h5-12H,1-4H3/b10-9-. The van der Waals surface area contributed by atoms with Crippen LogP contribution in [-0.4, -0.2) is 27.6 Å². The molecule has 0 aromatic heterocycles. The van der Waals surface area contributed by atoms with Gasteiger partial charge in [0.2, 0.25) is 0 Å². The highest BCUT2D eigenvalue weighted by Gasteiger charge is 2.10. The maximum Gasteiger partial charge on any atom is 0.136 e. The van der Waals surface area contributed by atoms with Crippen molar-refractivity contribution in [3.05, 3.63) is 47.5 Å². The number of rotatable bonds is 6. The van der Waals surface area contributed by atoms with E-state index in [1.54, 1.807) is 33.1 Å². The summed E-state index contributed by atoms with van der Waals surface area (Å²) in [7, 11) is 5.01. The van der Waals surface area contributed by atoms with Crippen molar-refractivity contribution in [2.24, 2.45) is 0 Å². The van der Waals surface area contributed by atoms with Gasteiger partial charge in [0.1, 0.15) is 17.2 Å². The van der Waals surface area contributed by atoms with Gasteiger partial charge in [-0.15, -0.1) is 11.8 Å². The van der Waals surface area contributed by atoms with Gasteiger partial charge in [0.15, 0.2) is 0 Å². The van der Waals surface area contributed by atoms with E-state index in [1.165, 1.54) is 0 Å². The number of thioether (sulfide) groups is 1. The summed E-state index contributed by atoms with van der Waals surface area (Å²) in [4.78, 5) is 0.999. The van der Waals surface area contributed by atoms with E-state index in [4.69, 9.17) is 14.2 Å². The molecule has 0 bridgehead atoms. The van der Waals surface area contributed by atoms with E-state index in [0.29, 0.717) is 0 Å². The first-order valence-electron chi connectivity index (χ1n) is 6.84. The Morgan fingerprint density at radius 1 is 0.818 bits per heavy atom. The van der Waals surface area contributed by atoms with E-state index in [2.05, 4.69) is 0 Å². The molecule has 0 aliphatic rings. The molecular formula is C18H20O3S. The Bertz CT molecular complexity index is 640. The zero-order chi connectivity index (χ0) is 15.9.